The Labute approximate surface area is 152 Å². The molecule has 0 spiro atoms. The topological polar surface area (TPSA) is 72.2 Å². The van der Waals surface area contributed by atoms with Crippen LogP contribution in [0.4, 0.5) is 5.69 Å². The van der Waals surface area contributed by atoms with Crippen molar-refractivity contribution in [1.29, 1.82) is 0 Å². The molecule has 2 heterocycles. The Bertz CT molecular complexity index is 869. The highest BCUT2D eigenvalue weighted by Gasteiger charge is 2.15. The molecule has 126 valence electrons. The number of carbonyl (C=O) groups is 1. The lowest BCUT2D eigenvalue weighted by atomic mass is 10.2. The Hall–Kier alpha value is -1.70. The molecule has 0 aliphatic heterocycles. The second kappa shape index (κ2) is 7.04. The third-order valence-electron chi connectivity index (χ3n) is 3.29. The van der Waals surface area contributed by atoms with Crippen LogP contribution >= 0.6 is 34.5 Å². The van der Waals surface area contributed by atoms with Crippen LogP contribution in [0.1, 0.15) is 37.0 Å². The third-order valence-corrected chi connectivity index (χ3v) is 4.68. The predicted molar refractivity (Wildman–Crippen MR) is 96.2 cm³/mol. The predicted octanol–water partition coefficient (Wildman–Crippen LogP) is 4.19. The third kappa shape index (κ3) is 3.85. The summed E-state index contributed by atoms with van der Waals surface area (Å²) in [5.74, 6) is 0.944. The fourth-order valence-corrected chi connectivity index (χ4v) is 3.57. The summed E-state index contributed by atoms with van der Waals surface area (Å²) < 4.78 is 1.75. The number of nitrogens with zero attached hydrogens (tertiary/aromatic N) is 4. The van der Waals surface area contributed by atoms with Crippen molar-refractivity contribution < 1.29 is 4.79 Å². The van der Waals surface area contributed by atoms with E-state index in [2.05, 4.69) is 20.6 Å². The summed E-state index contributed by atoms with van der Waals surface area (Å²) in [4.78, 5) is 12.8. The van der Waals surface area contributed by atoms with Crippen LogP contribution in [-0.2, 0) is 11.2 Å². The first-order chi connectivity index (χ1) is 11.4. The zero-order valence-corrected chi connectivity index (χ0v) is 15.4. The number of hydrogen-bond acceptors (Lipinski definition) is 5. The minimum Gasteiger partial charge on any atom is -0.326 e. The standard InChI is InChI=1S/C15H15Cl2N5OS/c1-8(2)14-19-20-15-22(14)21-13(24-15)4-3-12(23)18-11-6-9(16)5-10(17)7-11/h5-8H,3-4H2,1-2H3,(H,18,23). The number of amides is 1. The lowest BCUT2D eigenvalue weighted by molar-refractivity contribution is -0.116. The molecule has 2 aromatic heterocycles. The lowest BCUT2D eigenvalue weighted by Gasteiger charge is -2.05. The van der Waals surface area contributed by atoms with E-state index in [0.29, 0.717) is 28.6 Å². The lowest BCUT2D eigenvalue weighted by Crippen LogP contribution is -2.12. The molecule has 6 nitrogen and oxygen atoms in total. The summed E-state index contributed by atoms with van der Waals surface area (Å²) in [5, 5.41) is 17.3. The summed E-state index contributed by atoms with van der Waals surface area (Å²) in [6.07, 6.45) is 0.844. The number of nitrogens with one attached hydrogen (secondary N) is 1. The van der Waals surface area contributed by atoms with Gasteiger partial charge in [-0.1, -0.05) is 48.4 Å². The Morgan fingerprint density at radius 2 is 1.96 bits per heavy atom. The average molecular weight is 384 g/mol. The van der Waals surface area contributed by atoms with E-state index in [9.17, 15) is 4.79 Å². The van der Waals surface area contributed by atoms with Gasteiger partial charge < -0.3 is 5.32 Å². The van der Waals surface area contributed by atoms with Crippen molar-refractivity contribution in [3.63, 3.8) is 0 Å². The summed E-state index contributed by atoms with van der Waals surface area (Å²) >= 11 is 13.3. The first-order valence-corrected chi connectivity index (χ1v) is 8.96. The van der Waals surface area contributed by atoms with Gasteiger partial charge in [0.1, 0.15) is 5.01 Å². The van der Waals surface area contributed by atoms with Crippen molar-refractivity contribution in [3.05, 3.63) is 39.1 Å². The molecule has 0 atom stereocenters. The molecular weight excluding hydrogens is 369 g/mol. The number of carbonyl (C=O) groups excluding carboxylic acids is 1. The largest absolute Gasteiger partial charge is 0.326 e. The fourth-order valence-electron chi connectivity index (χ4n) is 2.20. The van der Waals surface area contributed by atoms with E-state index in [-0.39, 0.29) is 11.8 Å². The summed E-state index contributed by atoms with van der Waals surface area (Å²) in [5.41, 5.74) is 0.581. The first-order valence-electron chi connectivity index (χ1n) is 7.39. The van der Waals surface area contributed by atoms with Gasteiger partial charge in [-0.3, -0.25) is 4.79 Å². The number of anilines is 1. The molecule has 1 aromatic carbocycles. The minimum absolute atomic E-state index is 0.122. The number of halogens is 2. The number of benzene rings is 1. The second-order valence-corrected chi connectivity index (χ2v) is 7.52. The Morgan fingerprint density at radius 1 is 1.25 bits per heavy atom. The number of rotatable bonds is 5. The number of aryl methyl sites for hydroxylation is 1. The van der Waals surface area contributed by atoms with Gasteiger partial charge in [0.25, 0.3) is 0 Å². The Balaban J connectivity index is 1.63. The van der Waals surface area contributed by atoms with Gasteiger partial charge in [0, 0.05) is 34.5 Å². The normalized spacial score (nSPS) is 11.4. The van der Waals surface area contributed by atoms with E-state index < -0.39 is 0 Å². The second-order valence-electron chi connectivity index (χ2n) is 5.61. The summed E-state index contributed by atoms with van der Waals surface area (Å²) in [7, 11) is 0. The number of hydrogen-bond donors (Lipinski definition) is 1. The first kappa shape index (κ1) is 17.1. The molecule has 9 heteroatoms. The van der Waals surface area contributed by atoms with Crippen LogP contribution in [-0.4, -0.2) is 25.7 Å². The Kier molecular flexibility index (Phi) is 5.03. The highest BCUT2D eigenvalue weighted by Crippen LogP contribution is 2.23. The molecule has 0 radical (unpaired) electrons. The van der Waals surface area contributed by atoms with Crippen molar-refractivity contribution in [1.82, 2.24) is 19.8 Å². The molecule has 3 rings (SSSR count). The maximum absolute atomic E-state index is 12.1. The van der Waals surface area contributed by atoms with Gasteiger partial charge >= 0.3 is 0 Å². The van der Waals surface area contributed by atoms with Crippen molar-refractivity contribution in [3.8, 4) is 0 Å². The molecule has 0 unspecified atom stereocenters. The summed E-state index contributed by atoms with van der Waals surface area (Å²) in [6.45, 7) is 4.08. The van der Waals surface area contributed by atoms with Crippen LogP contribution in [0.25, 0.3) is 4.96 Å². The van der Waals surface area contributed by atoms with Gasteiger partial charge in [0.05, 0.1) is 0 Å². The van der Waals surface area contributed by atoms with Gasteiger partial charge in [-0.15, -0.1) is 10.2 Å². The molecule has 0 saturated carbocycles. The molecule has 0 fully saturated rings. The quantitative estimate of drug-likeness (QED) is 0.716. The number of fused-ring (bicyclic) bond motifs is 1. The molecule has 1 amide bonds. The molecular formula is C15H15Cl2N5OS. The highest BCUT2D eigenvalue weighted by atomic mass is 35.5. The van der Waals surface area contributed by atoms with E-state index in [0.717, 1.165) is 15.8 Å². The SMILES string of the molecule is CC(C)c1nnc2sc(CCC(=O)Nc3cc(Cl)cc(Cl)c3)nn12. The Morgan fingerprint density at radius 3 is 2.62 bits per heavy atom. The maximum Gasteiger partial charge on any atom is 0.234 e. The molecule has 0 saturated heterocycles. The van der Waals surface area contributed by atoms with Crippen LogP contribution < -0.4 is 5.32 Å². The average Bonchev–Trinajstić information content (AvgIpc) is 3.03. The monoisotopic (exact) mass is 383 g/mol. The molecule has 3 aromatic rings. The maximum atomic E-state index is 12.1. The van der Waals surface area contributed by atoms with Gasteiger partial charge in [-0.2, -0.15) is 9.61 Å². The molecule has 0 aliphatic rings. The van der Waals surface area contributed by atoms with E-state index >= 15 is 0 Å². The van der Waals surface area contributed by atoms with Crippen LogP contribution in [0.15, 0.2) is 18.2 Å². The van der Waals surface area contributed by atoms with E-state index in [1.165, 1.54) is 11.3 Å². The van der Waals surface area contributed by atoms with Crippen molar-refractivity contribution in [2.24, 2.45) is 0 Å². The van der Waals surface area contributed by atoms with Gasteiger partial charge in [0.15, 0.2) is 5.82 Å². The minimum atomic E-state index is -0.122. The van der Waals surface area contributed by atoms with Crippen LogP contribution in [0, 0.1) is 0 Å². The van der Waals surface area contributed by atoms with Crippen molar-refractivity contribution in [2.75, 3.05) is 5.32 Å². The molecule has 0 bridgehead atoms. The van der Waals surface area contributed by atoms with E-state index in [1.54, 1.807) is 22.7 Å². The van der Waals surface area contributed by atoms with Crippen molar-refractivity contribution in [2.45, 2.75) is 32.6 Å². The zero-order valence-electron chi connectivity index (χ0n) is 13.1. The smallest absolute Gasteiger partial charge is 0.234 e. The van der Waals surface area contributed by atoms with Gasteiger partial charge in [-0.05, 0) is 18.2 Å². The van der Waals surface area contributed by atoms with Gasteiger partial charge in [0.2, 0.25) is 10.9 Å². The van der Waals surface area contributed by atoms with E-state index in [1.807, 2.05) is 13.8 Å². The van der Waals surface area contributed by atoms with Crippen molar-refractivity contribution >= 4 is 51.1 Å². The van der Waals surface area contributed by atoms with E-state index in [4.69, 9.17) is 23.2 Å². The van der Waals surface area contributed by atoms with Crippen LogP contribution in [0.3, 0.4) is 0 Å². The molecule has 24 heavy (non-hydrogen) atoms. The summed E-state index contributed by atoms with van der Waals surface area (Å²) in [6, 6.07) is 4.93. The van der Waals surface area contributed by atoms with Gasteiger partial charge in [-0.25, -0.2) is 0 Å². The van der Waals surface area contributed by atoms with Crippen LogP contribution in [0.5, 0.6) is 0 Å². The van der Waals surface area contributed by atoms with Crippen LogP contribution in [0.2, 0.25) is 10.0 Å². The number of aromatic nitrogens is 4. The zero-order chi connectivity index (χ0) is 17.3. The molecule has 1 N–H and O–H groups in total. The highest BCUT2D eigenvalue weighted by molar-refractivity contribution is 7.16. The fraction of sp³-hybridized carbons (Fsp3) is 0.333. The molecule has 0 aliphatic carbocycles.